The molecule has 1 unspecified atom stereocenters. The molecule has 0 radical (unpaired) electrons. The van der Waals surface area contributed by atoms with Gasteiger partial charge < -0.3 is 10.1 Å². The minimum Gasteiger partial charge on any atom is -0.492 e. The van der Waals surface area contributed by atoms with E-state index >= 15 is 0 Å². The van der Waals surface area contributed by atoms with Crippen molar-refractivity contribution in [2.75, 3.05) is 18.1 Å². The molecule has 2 rings (SSSR count). The molecule has 0 aliphatic carbocycles. The maximum atomic E-state index is 11.4. The third-order valence-electron chi connectivity index (χ3n) is 3.17. The number of hydrogen-bond donors (Lipinski definition) is 1. The third-order valence-corrected chi connectivity index (χ3v) is 6.12. The van der Waals surface area contributed by atoms with Crippen molar-refractivity contribution in [2.45, 2.75) is 25.9 Å². The van der Waals surface area contributed by atoms with Crippen LogP contribution in [0.1, 0.15) is 18.9 Å². The molecule has 0 bridgehead atoms. The number of halogens is 2. The molecule has 112 valence electrons. The van der Waals surface area contributed by atoms with Crippen LogP contribution in [0.4, 0.5) is 0 Å². The van der Waals surface area contributed by atoms with E-state index in [4.69, 9.17) is 4.74 Å². The van der Waals surface area contributed by atoms with E-state index in [1.807, 2.05) is 19.1 Å². The molecule has 1 saturated heterocycles. The first-order valence-electron chi connectivity index (χ1n) is 6.46. The van der Waals surface area contributed by atoms with Crippen LogP contribution in [-0.2, 0) is 16.4 Å². The number of ether oxygens (including phenoxy) is 1. The van der Waals surface area contributed by atoms with Crippen LogP contribution >= 0.6 is 31.9 Å². The van der Waals surface area contributed by atoms with Crippen LogP contribution in [-0.4, -0.2) is 32.6 Å². The highest BCUT2D eigenvalue weighted by Gasteiger charge is 2.27. The highest BCUT2D eigenvalue weighted by molar-refractivity contribution is 9.11. The van der Waals surface area contributed by atoms with Crippen LogP contribution in [0, 0.1) is 0 Å². The van der Waals surface area contributed by atoms with Gasteiger partial charge in [0.15, 0.2) is 9.84 Å². The zero-order valence-electron chi connectivity index (χ0n) is 11.2. The van der Waals surface area contributed by atoms with Gasteiger partial charge in [-0.25, -0.2) is 8.42 Å². The van der Waals surface area contributed by atoms with Gasteiger partial charge in [-0.15, -0.1) is 0 Å². The molecule has 1 aromatic carbocycles. The van der Waals surface area contributed by atoms with Crippen molar-refractivity contribution in [1.82, 2.24) is 5.32 Å². The minimum absolute atomic E-state index is 0.0594. The zero-order valence-corrected chi connectivity index (χ0v) is 15.1. The Balaban J connectivity index is 2.00. The highest BCUT2D eigenvalue weighted by atomic mass is 79.9. The molecule has 1 atom stereocenters. The normalized spacial score (nSPS) is 21.1. The SMILES string of the molecule is CCOc1c(Br)cc(CNC2CCS(=O)(=O)C2)cc1Br. The summed E-state index contributed by atoms with van der Waals surface area (Å²) in [7, 11) is -2.83. The van der Waals surface area contributed by atoms with Crippen LogP contribution in [0.25, 0.3) is 0 Å². The first-order chi connectivity index (χ1) is 9.41. The second-order valence-corrected chi connectivity index (χ2v) is 8.74. The average molecular weight is 427 g/mol. The Morgan fingerprint density at radius 3 is 2.50 bits per heavy atom. The molecule has 1 fully saturated rings. The summed E-state index contributed by atoms with van der Waals surface area (Å²) in [5.41, 5.74) is 1.08. The topological polar surface area (TPSA) is 55.4 Å². The van der Waals surface area contributed by atoms with E-state index in [1.165, 1.54) is 0 Å². The Labute approximate surface area is 136 Å². The predicted octanol–water partition coefficient (Wildman–Crippen LogP) is 2.89. The number of rotatable bonds is 5. The predicted molar refractivity (Wildman–Crippen MR) is 86.9 cm³/mol. The second-order valence-electron chi connectivity index (χ2n) is 4.80. The van der Waals surface area contributed by atoms with Gasteiger partial charge in [-0.1, -0.05) is 0 Å². The summed E-state index contributed by atoms with van der Waals surface area (Å²) < 4.78 is 30.1. The molecule has 7 heteroatoms. The Bertz CT molecular complexity index is 566. The van der Waals surface area contributed by atoms with Crippen LogP contribution in [0.3, 0.4) is 0 Å². The van der Waals surface area contributed by atoms with Gasteiger partial charge in [0.1, 0.15) is 5.75 Å². The average Bonchev–Trinajstić information content (AvgIpc) is 2.71. The molecule has 1 aromatic rings. The summed E-state index contributed by atoms with van der Waals surface area (Å²) in [6, 6.07) is 4.04. The monoisotopic (exact) mass is 425 g/mol. The first-order valence-corrected chi connectivity index (χ1v) is 9.86. The molecule has 20 heavy (non-hydrogen) atoms. The van der Waals surface area contributed by atoms with Crippen LogP contribution < -0.4 is 10.1 Å². The van der Waals surface area contributed by atoms with Gasteiger partial charge in [-0.05, 0) is 62.9 Å². The van der Waals surface area contributed by atoms with Gasteiger partial charge in [0.2, 0.25) is 0 Å². The van der Waals surface area contributed by atoms with Gasteiger partial charge in [0.25, 0.3) is 0 Å². The van der Waals surface area contributed by atoms with E-state index in [0.29, 0.717) is 25.3 Å². The zero-order chi connectivity index (χ0) is 14.8. The number of sulfone groups is 1. The molecule has 1 N–H and O–H groups in total. The van der Waals surface area contributed by atoms with Crippen molar-refractivity contribution in [1.29, 1.82) is 0 Å². The lowest BCUT2D eigenvalue weighted by atomic mass is 10.2. The molecule has 4 nitrogen and oxygen atoms in total. The van der Waals surface area contributed by atoms with E-state index in [9.17, 15) is 8.42 Å². The van der Waals surface area contributed by atoms with E-state index in [0.717, 1.165) is 20.3 Å². The first kappa shape index (κ1) is 16.3. The Morgan fingerprint density at radius 2 is 2.00 bits per heavy atom. The highest BCUT2D eigenvalue weighted by Crippen LogP contribution is 2.34. The van der Waals surface area contributed by atoms with Crippen molar-refractivity contribution in [3.05, 3.63) is 26.6 Å². The van der Waals surface area contributed by atoms with Crippen molar-refractivity contribution in [3.8, 4) is 5.75 Å². The Morgan fingerprint density at radius 1 is 1.35 bits per heavy atom. The lowest BCUT2D eigenvalue weighted by Gasteiger charge is -2.13. The number of hydrogen-bond acceptors (Lipinski definition) is 4. The van der Waals surface area contributed by atoms with E-state index < -0.39 is 9.84 Å². The molecular formula is C13H17Br2NO3S. The van der Waals surface area contributed by atoms with Crippen molar-refractivity contribution in [3.63, 3.8) is 0 Å². The van der Waals surface area contributed by atoms with Gasteiger partial charge in [-0.3, -0.25) is 0 Å². The minimum atomic E-state index is -2.83. The largest absolute Gasteiger partial charge is 0.492 e. The quantitative estimate of drug-likeness (QED) is 0.786. The van der Waals surface area contributed by atoms with Gasteiger partial charge >= 0.3 is 0 Å². The van der Waals surface area contributed by atoms with E-state index in [1.54, 1.807) is 0 Å². The van der Waals surface area contributed by atoms with Crippen LogP contribution in [0.15, 0.2) is 21.1 Å². The Hall–Kier alpha value is -0.110. The second kappa shape index (κ2) is 6.77. The molecule has 0 saturated carbocycles. The molecule has 0 amide bonds. The fourth-order valence-corrected chi connectivity index (χ4v) is 5.43. The molecule has 1 aliphatic rings. The van der Waals surface area contributed by atoms with E-state index in [2.05, 4.69) is 37.2 Å². The van der Waals surface area contributed by atoms with Crippen LogP contribution in [0.2, 0.25) is 0 Å². The smallest absolute Gasteiger partial charge is 0.151 e. The van der Waals surface area contributed by atoms with Gasteiger partial charge in [0.05, 0.1) is 27.1 Å². The lowest BCUT2D eigenvalue weighted by molar-refractivity contribution is 0.336. The van der Waals surface area contributed by atoms with E-state index in [-0.39, 0.29) is 11.8 Å². The standard InChI is InChI=1S/C13H17Br2NO3S/c1-2-19-13-11(14)5-9(6-12(13)15)7-16-10-3-4-20(17,18)8-10/h5-6,10,16H,2-4,7-8H2,1H3. The summed E-state index contributed by atoms with van der Waals surface area (Å²) in [6.45, 7) is 3.19. The summed E-state index contributed by atoms with van der Waals surface area (Å²) in [5, 5.41) is 3.30. The van der Waals surface area contributed by atoms with Crippen molar-refractivity contribution < 1.29 is 13.2 Å². The summed E-state index contributed by atoms with van der Waals surface area (Å²) in [5.74, 6) is 1.33. The number of nitrogens with one attached hydrogen (secondary N) is 1. The summed E-state index contributed by atoms with van der Waals surface area (Å²) >= 11 is 6.98. The maximum Gasteiger partial charge on any atom is 0.151 e. The molecule has 0 spiro atoms. The van der Waals surface area contributed by atoms with Gasteiger partial charge in [0, 0.05) is 12.6 Å². The van der Waals surface area contributed by atoms with Crippen LogP contribution in [0.5, 0.6) is 5.75 Å². The molecule has 1 aliphatic heterocycles. The number of benzene rings is 1. The summed E-state index contributed by atoms with van der Waals surface area (Å²) in [4.78, 5) is 0. The van der Waals surface area contributed by atoms with Gasteiger partial charge in [-0.2, -0.15) is 0 Å². The lowest BCUT2D eigenvalue weighted by Crippen LogP contribution is -2.29. The maximum absolute atomic E-state index is 11.4. The van der Waals surface area contributed by atoms with Crippen molar-refractivity contribution >= 4 is 41.7 Å². The fraction of sp³-hybridized carbons (Fsp3) is 0.538. The molecule has 0 aromatic heterocycles. The third kappa shape index (κ3) is 4.19. The Kier molecular flexibility index (Phi) is 5.50. The fourth-order valence-electron chi connectivity index (χ4n) is 2.21. The van der Waals surface area contributed by atoms with Crippen molar-refractivity contribution in [2.24, 2.45) is 0 Å². The molecular weight excluding hydrogens is 410 g/mol. The summed E-state index contributed by atoms with van der Waals surface area (Å²) in [6.07, 6.45) is 0.696. The molecule has 1 heterocycles.